The summed E-state index contributed by atoms with van der Waals surface area (Å²) in [5.74, 6) is 0.880. The number of benzene rings is 1. The van der Waals surface area contributed by atoms with Gasteiger partial charge in [-0.1, -0.05) is 26.0 Å². The van der Waals surface area contributed by atoms with Crippen molar-refractivity contribution in [2.75, 3.05) is 11.6 Å². The Morgan fingerprint density at radius 2 is 1.88 bits per heavy atom. The molecule has 3 rings (SSSR count). The number of sulfone groups is 1. The van der Waals surface area contributed by atoms with Gasteiger partial charge in [-0.3, -0.25) is 0 Å². The number of rotatable bonds is 6. The third-order valence-corrected chi connectivity index (χ3v) is 5.34. The third kappa shape index (κ3) is 3.66. The van der Waals surface area contributed by atoms with Crippen LogP contribution in [-0.2, 0) is 16.3 Å². The molecule has 1 N–H and O–H groups in total. The zero-order chi connectivity index (χ0) is 18.0. The first kappa shape index (κ1) is 17.4. The van der Waals surface area contributed by atoms with Crippen molar-refractivity contribution >= 4 is 21.3 Å². The second-order valence-electron chi connectivity index (χ2n) is 6.03. The zero-order valence-electron chi connectivity index (χ0n) is 14.6. The van der Waals surface area contributed by atoms with Crippen molar-refractivity contribution < 1.29 is 8.42 Å². The molecule has 0 fully saturated rings. The minimum Gasteiger partial charge on any atom is -0.363 e. The molecule has 0 aliphatic heterocycles. The molecule has 0 saturated carbocycles. The summed E-state index contributed by atoms with van der Waals surface area (Å²) in [6, 6.07) is 11.0. The minimum absolute atomic E-state index is 0.0492. The van der Waals surface area contributed by atoms with Crippen molar-refractivity contribution in [3.63, 3.8) is 0 Å². The molecule has 6 nitrogen and oxygen atoms in total. The Labute approximate surface area is 147 Å². The molecule has 0 unspecified atom stereocenters. The van der Waals surface area contributed by atoms with E-state index in [-0.39, 0.29) is 6.04 Å². The second kappa shape index (κ2) is 6.84. The summed E-state index contributed by atoms with van der Waals surface area (Å²) in [5, 5.41) is 7.85. The van der Waals surface area contributed by atoms with Crippen LogP contribution >= 0.6 is 0 Å². The van der Waals surface area contributed by atoms with Gasteiger partial charge in [-0.25, -0.2) is 13.4 Å². The van der Waals surface area contributed by atoms with Gasteiger partial charge in [-0.05, 0) is 30.5 Å². The highest BCUT2D eigenvalue weighted by atomic mass is 32.2. The Bertz CT molecular complexity index is 978. The monoisotopic (exact) mass is 358 g/mol. The Hall–Kier alpha value is -2.41. The van der Waals surface area contributed by atoms with Crippen LogP contribution in [0.15, 0.2) is 47.5 Å². The molecule has 1 atom stereocenters. The maximum absolute atomic E-state index is 11.6. The summed E-state index contributed by atoms with van der Waals surface area (Å²) >= 11 is 0. The Kier molecular flexibility index (Phi) is 4.76. The molecule has 25 heavy (non-hydrogen) atoms. The number of nitrogens with one attached hydrogen (secondary N) is 1. The highest BCUT2D eigenvalue weighted by Gasteiger charge is 2.14. The molecule has 0 bridgehead atoms. The van der Waals surface area contributed by atoms with Gasteiger partial charge in [0.1, 0.15) is 5.82 Å². The summed E-state index contributed by atoms with van der Waals surface area (Å²) in [6.45, 7) is 4.16. The van der Waals surface area contributed by atoms with E-state index < -0.39 is 9.84 Å². The first-order valence-corrected chi connectivity index (χ1v) is 10.2. The molecule has 0 aliphatic carbocycles. The van der Waals surface area contributed by atoms with E-state index in [1.54, 1.807) is 22.8 Å². The average molecular weight is 358 g/mol. The SMILES string of the molecule is CCc1cc(N[C@H](CC)c2ccc(S(C)(=O)=O)cc2)n2nccc2n1. The second-order valence-corrected chi connectivity index (χ2v) is 8.05. The van der Waals surface area contributed by atoms with Gasteiger partial charge in [0.25, 0.3) is 0 Å². The van der Waals surface area contributed by atoms with Crippen LogP contribution in [0.3, 0.4) is 0 Å². The van der Waals surface area contributed by atoms with Crippen LogP contribution in [-0.4, -0.2) is 29.3 Å². The lowest BCUT2D eigenvalue weighted by molar-refractivity contribution is 0.601. The first-order chi connectivity index (χ1) is 11.9. The highest BCUT2D eigenvalue weighted by molar-refractivity contribution is 7.90. The molecule has 3 aromatic rings. The predicted octanol–water partition coefficient (Wildman–Crippen LogP) is 3.26. The Balaban J connectivity index is 1.94. The average Bonchev–Trinajstić information content (AvgIpc) is 3.07. The van der Waals surface area contributed by atoms with Gasteiger partial charge in [0, 0.05) is 24.1 Å². The standard InChI is InChI=1S/C18H22N4O2S/c1-4-14-12-18(22-17(20-14)10-11-19-22)21-16(5-2)13-6-8-15(9-7-13)25(3,23)24/h6-12,16,21H,4-5H2,1-3H3/t16-/m1/s1. The van der Waals surface area contributed by atoms with Crippen LogP contribution in [0.5, 0.6) is 0 Å². The van der Waals surface area contributed by atoms with Crippen LogP contribution in [0.25, 0.3) is 5.65 Å². The summed E-state index contributed by atoms with van der Waals surface area (Å²) in [7, 11) is -3.18. The molecular formula is C18H22N4O2S. The number of aromatic nitrogens is 3. The number of hydrogen-bond donors (Lipinski definition) is 1. The topological polar surface area (TPSA) is 76.4 Å². The summed E-state index contributed by atoms with van der Waals surface area (Å²) < 4.78 is 25.0. The third-order valence-electron chi connectivity index (χ3n) is 4.22. The quantitative estimate of drug-likeness (QED) is 0.732. The molecule has 0 aliphatic rings. The van der Waals surface area contributed by atoms with Crippen LogP contribution < -0.4 is 5.32 Å². The maximum Gasteiger partial charge on any atom is 0.175 e. The van der Waals surface area contributed by atoms with Crippen molar-refractivity contribution in [3.8, 4) is 0 Å². The molecule has 0 amide bonds. The molecule has 1 aromatic carbocycles. The predicted molar refractivity (Wildman–Crippen MR) is 98.6 cm³/mol. The number of anilines is 1. The first-order valence-electron chi connectivity index (χ1n) is 8.32. The fraction of sp³-hybridized carbons (Fsp3) is 0.333. The molecule has 2 heterocycles. The van der Waals surface area contributed by atoms with Gasteiger partial charge in [0.05, 0.1) is 17.1 Å². The molecular weight excluding hydrogens is 336 g/mol. The van der Waals surface area contributed by atoms with Gasteiger partial charge in [0.15, 0.2) is 15.5 Å². The van der Waals surface area contributed by atoms with Gasteiger partial charge >= 0.3 is 0 Å². The molecule has 0 saturated heterocycles. The van der Waals surface area contributed by atoms with E-state index in [1.807, 2.05) is 24.3 Å². The Morgan fingerprint density at radius 1 is 1.16 bits per heavy atom. The fourth-order valence-corrected chi connectivity index (χ4v) is 3.43. The molecule has 7 heteroatoms. The highest BCUT2D eigenvalue weighted by Crippen LogP contribution is 2.24. The number of fused-ring (bicyclic) bond motifs is 1. The van der Waals surface area contributed by atoms with E-state index in [1.165, 1.54) is 6.26 Å². The van der Waals surface area contributed by atoms with Gasteiger partial charge in [-0.15, -0.1) is 0 Å². The van der Waals surface area contributed by atoms with Gasteiger partial charge < -0.3 is 5.32 Å². The van der Waals surface area contributed by atoms with Crippen LogP contribution in [0.4, 0.5) is 5.82 Å². The lowest BCUT2D eigenvalue weighted by atomic mass is 10.0. The van der Waals surface area contributed by atoms with Crippen molar-refractivity contribution in [1.82, 2.24) is 14.6 Å². The van der Waals surface area contributed by atoms with Crippen molar-refractivity contribution in [2.45, 2.75) is 37.6 Å². The zero-order valence-corrected chi connectivity index (χ0v) is 15.4. The minimum atomic E-state index is -3.18. The molecule has 0 spiro atoms. The van der Waals surface area contributed by atoms with Crippen LogP contribution in [0, 0.1) is 0 Å². The van der Waals surface area contributed by atoms with Crippen LogP contribution in [0.1, 0.15) is 37.6 Å². The van der Waals surface area contributed by atoms with Gasteiger partial charge in [0.2, 0.25) is 0 Å². The lowest BCUT2D eigenvalue weighted by Gasteiger charge is -2.20. The van der Waals surface area contributed by atoms with Crippen molar-refractivity contribution in [2.24, 2.45) is 0 Å². The number of nitrogens with zero attached hydrogens (tertiary/aromatic N) is 3. The molecule has 2 aromatic heterocycles. The molecule has 132 valence electrons. The summed E-state index contributed by atoms with van der Waals surface area (Å²) in [4.78, 5) is 4.88. The van der Waals surface area contributed by atoms with Crippen molar-refractivity contribution in [3.05, 3.63) is 53.9 Å². The number of aryl methyl sites for hydroxylation is 1. The number of hydrogen-bond acceptors (Lipinski definition) is 5. The fourth-order valence-electron chi connectivity index (χ4n) is 2.80. The van der Waals surface area contributed by atoms with E-state index >= 15 is 0 Å². The van der Waals surface area contributed by atoms with E-state index in [0.717, 1.165) is 35.6 Å². The van der Waals surface area contributed by atoms with E-state index in [9.17, 15) is 8.42 Å². The van der Waals surface area contributed by atoms with Crippen LogP contribution in [0.2, 0.25) is 0 Å². The van der Waals surface area contributed by atoms with Crippen molar-refractivity contribution in [1.29, 1.82) is 0 Å². The summed E-state index contributed by atoms with van der Waals surface area (Å²) in [5.41, 5.74) is 2.84. The summed E-state index contributed by atoms with van der Waals surface area (Å²) in [6.07, 6.45) is 4.64. The molecule has 0 radical (unpaired) electrons. The van der Waals surface area contributed by atoms with E-state index in [2.05, 4.69) is 29.2 Å². The lowest BCUT2D eigenvalue weighted by Crippen LogP contribution is -2.14. The maximum atomic E-state index is 11.6. The normalized spacial score (nSPS) is 13.1. The van der Waals surface area contributed by atoms with Gasteiger partial charge in [-0.2, -0.15) is 9.61 Å². The van der Waals surface area contributed by atoms with E-state index in [0.29, 0.717) is 4.90 Å². The largest absolute Gasteiger partial charge is 0.363 e. The Morgan fingerprint density at radius 3 is 2.48 bits per heavy atom. The van der Waals surface area contributed by atoms with E-state index in [4.69, 9.17) is 0 Å². The smallest absolute Gasteiger partial charge is 0.175 e.